The molecule has 19 heavy (non-hydrogen) atoms. The lowest BCUT2D eigenvalue weighted by Crippen LogP contribution is -2.21. The molecule has 0 saturated heterocycles. The van der Waals surface area contributed by atoms with Gasteiger partial charge in [0.15, 0.2) is 0 Å². The number of halogens is 1. The number of aromatic nitrogens is 2. The lowest BCUT2D eigenvalue weighted by atomic mass is 10.1. The lowest BCUT2D eigenvalue weighted by molar-refractivity contribution is -0.119. The van der Waals surface area contributed by atoms with Crippen LogP contribution in [0.3, 0.4) is 0 Å². The fourth-order valence-corrected chi connectivity index (χ4v) is 3.02. The zero-order valence-electron chi connectivity index (χ0n) is 10.9. The summed E-state index contributed by atoms with van der Waals surface area (Å²) in [5.41, 5.74) is 0. The largest absolute Gasteiger partial charge is 0.311 e. The van der Waals surface area contributed by atoms with E-state index in [0.717, 1.165) is 16.7 Å². The van der Waals surface area contributed by atoms with Gasteiger partial charge in [-0.3, -0.25) is 4.79 Å². The van der Waals surface area contributed by atoms with Crippen LogP contribution in [-0.4, -0.2) is 15.7 Å². The number of thiophene rings is 1. The second-order valence-electron chi connectivity index (χ2n) is 4.40. The summed E-state index contributed by atoms with van der Waals surface area (Å²) >= 11 is 5.10. The Kier molecular flexibility index (Phi) is 4.76. The molecule has 2 rings (SSSR count). The van der Waals surface area contributed by atoms with Crippen molar-refractivity contribution in [2.45, 2.75) is 26.8 Å². The molecule has 0 radical (unpaired) electrons. The van der Waals surface area contributed by atoms with Gasteiger partial charge in [-0.1, -0.05) is 13.8 Å². The molecule has 1 atom stereocenters. The van der Waals surface area contributed by atoms with Gasteiger partial charge in [-0.2, -0.15) is 5.10 Å². The second-order valence-corrected chi connectivity index (χ2v) is 6.32. The predicted octanol–water partition coefficient (Wildman–Crippen LogP) is 3.74. The number of anilines is 1. The molecule has 2 heterocycles. The van der Waals surface area contributed by atoms with Gasteiger partial charge in [-0.25, -0.2) is 4.68 Å². The minimum atomic E-state index is 0.0132. The van der Waals surface area contributed by atoms with Gasteiger partial charge in [0.25, 0.3) is 0 Å². The molecule has 0 aliphatic rings. The van der Waals surface area contributed by atoms with Gasteiger partial charge >= 0.3 is 0 Å². The SMILES string of the molecule is CC[C@@H](C)C(=O)Nc1ccnn1Cc1cc(Br)cs1. The van der Waals surface area contributed by atoms with Crippen LogP contribution >= 0.6 is 27.3 Å². The first-order valence-corrected chi connectivity index (χ1v) is 7.83. The van der Waals surface area contributed by atoms with Crippen LogP contribution in [0.4, 0.5) is 5.82 Å². The Hall–Kier alpha value is -1.14. The molecule has 0 aliphatic carbocycles. The van der Waals surface area contributed by atoms with Crippen LogP contribution in [0.15, 0.2) is 28.2 Å². The molecule has 2 aromatic heterocycles. The quantitative estimate of drug-likeness (QED) is 0.900. The van der Waals surface area contributed by atoms with Crippen molar-refractivity contribution in [1.29, 1.82) is 0 Å². The second kappa shape index (κ2) is 6.34. The Morgan fingerprint density at radius 1 is 1.63 bits per heavy atom. The number of rotatable bonds is 5. The molecular weight excluding hydrogens is 326 g/mol. The Labute approximate surface area is 125 Å². The van der Waals surface area contributed by atoms with E-state index < -0.39 is 0 Å². The lowest BCUT2D eigenvalue weighted by Gasteiger charge is -2.11. The smallest absolute Gasteiger partial charge is 0.228 e. The Morgan fingerprint density at radius 3 is 3.05 bits per heavy atom. The number of hydrogen-bond acceptors (Lipinski definition) is 3. The topological polar surface area (TPSA) is 46.9 Å². The Bertz CT molecular complexity index is 564. The molecule has 102 valence electrons. The van der Waals surface area contributed by atoms with E-state index in [1.54, 1.807) is 22.2 Å². The average molecular weight is 342 g/mol. The van der Waals surface area contributed by atoms with Crippen molar-refractivity contribution < 1.29 is 4.79 Å². The van der Waals surface area contributed by atoms with Gasteiger partial charge in [0.2, 0.25) is 5.91 Å². The molecule has 0 spiro atoms. The first-order valence-electron chi connectivity index (χ1n) is 6.15. The van der Waals surface area contributed by atoms with E-state index in [1.807, 2.05) is 25.3 Å². The maximum absolute atomic E-state index is 11.9. The van der Waals surface area contributed by atoms with Crippen LogP contribution in [0.1, 0.15) is 25.1 Å². The van der Waals surface area contributed by atoms with Gasteiger partial charge in [0.1, 0.15) is 5.82 Å². The van der Waals surface area contributed by atoms with E-state index in [0.29, 0.717) is 6.54 Å². The van der Waals surface area contributed by atoms with Gasteiger partial charge in [0, 0.05) is 26.7 Å². The van der Waals surface area contributed by atoms with E-state index in [9.17, 15) is 4.79 Å². The summed E-state index contributed by atoms with van der Waals surface area (Å²) in [7, 11) is 0. The summed E-state index contributed by atoms with van der Waals surface area (Å²) in [5.74, 6) is 0.797. The van der Waals surface area contributed by atoms with Gasteiger partial charge in [0.05, 0.1) is 12.7 Å². The highest BCUT2D eigenvalue weighted by atomic mass is 79.9. The number of carbonyl (C=O) groups is 1. The van der Waals surface area contributed by atoms with E-state index in [-0.39, 0.29) is 11.8 Å². The van der Waals surface area contributed by atoms with Crippen molar-refractivity contribution in [3.63, 3.8) is 0 Å². The molecule has 0 bridgehead atoms. The molecule has 0 aromatic carbocycles. The summed E-state index contributed by atoms with van der Waals surface area (Å²) in [4.78, 5) is 13.1. The van der Waals surface area contributed by atoms with Crippen LogP contribution in [0, 0.1) is 5.92 Å². The number of carbonyl (C=O) groups excluding carboxylic acids is 1. The number of nitrogens with one attached hydrogen (secondary N) is 1. The van der Waals surface area contributed by atoms with Crippen LogP contribution in [-0.2, 0) is 11.3 Å². The van der Waals surface area contributed by atoms with Crippen molar-refractivity contribution in [3.05, 3.63) is 33.1 Å². The molecule has 6 heteroatoms. The normalized spacial score (nSPS) is 12.4. The van der Waals surface area contributed by atoms with Gasteiger partial charge in [-0.15, -0.1) is 11.3 Å². The summed E-state index contributed by atoms with van der Waals surface area (Å²) in [6.45, 7) is 4.59. The van der Waals surface area contributed by atoms with Crippen molar-refractivity contribution in [3.8, 4) is 0 Å². The fourth-order valence-electron chi connectivity index (χ4n) is 1.58. The third-order valence-electron chi connectivity index (χ3n) is 2.96. The van der Waals surface area contributed by atoms with E-state index in [2.05, 4.69) is 32.4 Å². The van der Waals surface area contributed by atoms with Crippen LogP contribution in [0.5, 0.6) is 0 Å². The monoisotopic (exact) mass is 341 g/mol. The first-order chi connectivity index (χ1) is 9.10. The van der Waals surface area contributed by atoms with E-state index in [4.69, 9.17) is 0 Å². The fraction of sp³-hybridized carbons (Fsp3) is 0.385. The van der Waals surface area contributed by atoms with Crippen LogP contribution in [0.25, 0.3) is 0 Å². The maximum Gasteiger partial charge on any atom is 0.228 e. The average Bonchev–Trinajstić information content (AvgIpc) is 2.99. The van der Waals surface area contributed by atoms with Gasteiger partial charge in [-0.05, 0) is 28.4 Å². The highest BCUT2D eigenvalue weighted by Gasteiger charge is 2.13. The predicted molar refractivity (Wildman–Crippen MR) is 81.4 cm³/mol. The van der Waals surface area contributed by atoms with Crippen molar-refractivity contribution in [2.24, 2.45) is 5.92 Å². The molecular formula is C13H16BrN3OS. The minimum absolute atomic E-state index is 0.0132. The molecule has 4 nitrogen and oxygen atoms in total. The van der Waals surface area contributed by atoms with Gasteiger partial charge < -0.3 is 5.32 Å². The maximum atomic E-state index is 11.9. The first kappa shape index (κ1) is 14.3. The highest BCUT2D eigenvalue weighted by molar-refractivity contribution is 9.10. The van der Waals surface area contributed by atoms with E-state index in [1.165, 1.54) is 4.88 Å². The number of amides is 1. The zero-order chi connectivity index (χ0) is 13.8. The third-order valence-corrected chi connectivity index (χ3v) is 4.64. The minimum Gasteiger partial charge on any atom is -0.311 e. The van der Waals surface area contributed by atoms with Crippen LogP contribution < -0.4 is 5.32 Å². The molecule has 1 N–H and O–H groups in total. The van der Waals surface area contributed by atoms with E-state index >= 15 is 0 Å². The Morgan fingerprint density at radius 2 is 2.42 bits per heavy atom. The Balaban J connectivity index is 2.07. The van der Waals surface area contributed by atoms with Crippen LogP contribution in [0.2, 0.25) is 0 Å². The standard InChI is InChI=1S/C13H16BrN3OS/c1-3-9(2)13(18)16-12-4-5-15-17(12)7-11-6-10(14)8-19-11/h4-6,8-9H,3,7H2,1-2H3,(H,16,18)/t9-/m1/s1. The summed E-state index contributed by atoms with van der Waals surface area (Å²) in [6, 6.07) is 3.88. The number of nitrogens with zero attached hydrogens (tertiary/aromatic N) is 2. The van der Waals surface area contributed by atoms with Crippen molar-refractivity contribution in [1.82, 2.24) is 9.78 Å². The van der Waals surface area contributed by atoms with Crippen molar-refractivity contribution >= 4 is 39.0 Å². The summed E-state index contributed by atoms with van der Waals surface area (Å²) < 4.78 is 2.88. The van der Waals surface area contributed by atoms with Crippen molar-refractivity contribution in [2.75, 3.05) is 5.32 Å². The molecule has 1 amide bonds. The highest BCUT2D eigenvalue weighted by Crippen LogP contribution is 2.21. The molecule has 0 saturated carbocycles. The summed E-state index contributed by atoms with van der Waals surface area (Å²) in [6.07, 6.45) is 2.53. The molecule has 2 aromatic rings. The third kappa shape index (κ3) is 3.67. The molecule has 0 unspecified atom stereocenters. The summed E-state index contributed by atoms with van der Waals surface area (Å²) in [5, 5.41) is 9.21. The number of hydrogen-bond donors (Lipinski definition) is 1. The molecule has 0 fully saturated rings. The zero-order valence-corrected chi connectivity index (χ0v) is 13.3. The molecule has 0 aliphatic heterocycles.